The minimum absolute atomic E-state index is 0.224. The second kappa shape index (κ2) is 6.92. The second-order valence-electron chi connectivity index (χ2n) is 3.32. The molecule has 0 aliphatic heterocycles. The maximum atomic E-state index is 11.5. The number of rotatable bonds is 6. The van der Waals surface area contributed by atoms with Crippen molar-refractivity contribution in [2.24, 2.45) is 5.84 Å². The van der Waals surface area contributed by atoms with E-state index in [1.165, 1.54) is 12.4 Å². The van der Waals surface area contributed by atoms with E-state index in [2.05, 4.69) is 20.7 Å². The van der Waals surface area contributed by atoms with Crippen molar-refractivity contribution in [2.75, 3.05) is 24.0 Å². The van der Waals surface area contributed by atoms with Crippen LogP contribution in [0.5, 0.6) is 0 Å². The van der Waals surface area contributed by atoms with E-state index in [9.17, 15) is 9.00 Å². The largest absolute Gasteiger partial charge is 0.351 e. The first-order valence-corrected chi connectivity index (χ1v) is 6.73. The molecule has 1 heterocycles. The molecule has 0 radical (unpaired) electrons. The number of hydrazine groups is 1. The number of nitrogens with one attached hydrogen (secondary N) is 2. The van der Waals surface area contributed by atoms with Crippen LogP contribution in [0.2, 0.25) is 0 Å². The molecule has 0 fully saturated rings. The van der Waals surface area contributed by atoms with E-state index in [4.69, 9.17) is 5.84 Å². The maximum absolute atomic E-state index is 11.5. The molecule has 0 aromatic carbocycles. The van der Waals surface area contributed by atoms with Gasteiger partial charge in [-0.3, -0.25) is 9.00 Å². The highest BCUT2D eigenvalue weighted by Crippen LogP contribution is 1.98. The molecular formula is C9H15N5O2S. The molecule has 1 amide bonds. The van der Waals surface area contributed by atoms with Gasteiger partial charge in [0.15, 0.2) is 5.82 Å². The Bertz CT molecular complexity index is 395. The van der Waals surface area contributed by atoms with Crippen LogP contribution in [0.4, 0.5) is 5.82 Å². The lowest BCUT2D eigenvalue weighted by molar-refractivity contribution is 0.0948. The summed E-state index contributed by atoms with van der Waals surface area (Å²) in [5.74, 6) is 5.78. The summed E-state index contributed by atoms with van der Waals surface area (Å²) in [7, 11) is -0.831. The zero-order valence-corrected chi connectivity index (χ0v) is 10.3. The summed E-state index contributed by atoms with van der Waals surface area (Å²) >= 11 is 0. The molecule has 0 bridgehead atoms. The van der Waals surface area contributed by atoms with Gasteiger partial charge in [0.1, 0.15) is 5.69 Å². The average molecular weight is 257 g/mol. The minimum atomic E-state index is -0.831. The SMILES string of the molecule is CS(=O)CCCNC(=O)c1cnc(NN)cn1. The molecule has 0 spiro atoms. The summed E-state index contributed by atoms with van der Waals surface area (Å²) in [4.78, 5) is 19.3. The molecule has 7 nitrogen and oxygen atoms in total. The fraction of sp³-hybridized carbons (Fsp3) is 0.444. The molecule has 8 heteroatoms. The van der Waals surface area contributed by atoms with Crippen LogP contribution < -0.4 is 16.6 Å². The highest BCUT2D eigenvalue weighted by atomic mass is 32.2. The van der Waals surface area contributed by atoms with Crippen molar-refractivity contribution in [1.29, 1.82) is 0 Å². The quantitative estimate of drug-likeness (QED) is 0.352. The molecule has 0 saturated carbocycles. The Hall–Kier alpha value is -1.54. The zero-order chi connectivity index (χ0) is 12.7. The molecule has 1 aromatic rings. The summed E-state index contributed by atoms with van der Waals surface area (Å²) in [6.07, 6.45) is 5.01. The lowest BCUT2D eigenvalue weighted by Crippen LogP contribution is -2.26. The Labute approximate surface area is 102 Å². The number of nitrogens with zero attached hydrogens (tertiary/aromatic N) is 2. The molecule has 0 aliphatic carbocycles. The van der Waals surface area contributed by atoms with Crippen LogP contribution in [0.3, 0.4) is 0 Å². The standard InChI is InChI=1S/C9H15N5O2S/c1-17(16)4-2-3-11-9(15)7-5-13-8(14-10)6-12-7/h5-6H,2-4,10H2,1H3,(H,11,15)(H,13,14). The third kappa shape index (κ3) is 4.87. The van der Waals surface area contributed by atoms with Gasteiger partial charge in [-0.15, -0.1) is 0 Å². The Morgan fingerprint density at radius 1 is 1.47 bits per heavy atom. The number of amides is 1. The molecule has 4 N–H and O–H groups in total. The lowest BCUT2D eigenvalue weighted by Gasteiger charge is -2.04. The molecule has 1 unspecified atom stereocenters. The van der Waals surface area contributed by atoms with Crippen LogP contribution in [0.1, 0.15) is 16.9 Å². The third-order valence-corrected chi connectivity index (χ3v) is 2.79. The minimum Gasteiger partial charge on any atom is -0.351 e. The number of hydrogen-bond donors (Lipinski definition) is 3. The zero-order valence-electron chi connectivity index (χ0n) is 9.47. The fourth-order valence-corrected chi connectivity index (χ4v) is 1.64. The third-order valence-electron chi connectivity index (χ3n) is 1.93. The van der Waals surface area contributed by atoms with Crippen molar-refractivity contribution < 1.29 is 9.00 Å². The van der Waals surface area contributed by atoms with Crippen LogP contribution in [0, 0.1) is 0 Å². The average Bonchev–Trinajstić information content (AvgIpc) is 2.34. The van der Waals surface area contributed by atoms with E-state index in [-0.39, 0.29) is 11.6 Å². The van der Waals surface area contributed by atoms with Gasteiger partial charge >= 0.3 is 0 Å². The van der Waals surface area contributed by atoms with Crippen molar-refractivity contribution in [2.45, 2.75) is 6.42 Å². The first kappa shape index (κ1) is 13.5. The summed E-state index contributed by atoms with van der Waals surface area (Å²) in [6, 6.07) is 0. The topological polar surface area (TPSA) is 110 Å². The summed E-state index contributed by atoms with van der Waals surface area (Å²) in [6.45, 7) is 0.469. The monoisotopic (exact) mass is 257 g/mol. The van der Waals surface area contributed by atoms with E-state index >= 15 is 0 Å². The Balaban J connectivity index is 2.38. The number of aromatic nitrogens is 2. The molecule has 0 saturated heterocycles. The number of carbonyl (C=O) groups is 1. The summed E-state index contributed by atoms with van der Waals surface area (Å²) in [5.41, 5.74) is 2.54. The predicted octanol–water partition coefficient (Wildman–Crippen LogP) is -0.739. The van der Waals surface area contributed by atoms with Gasteiger partial charge in [-0.05, 0) is 6.42 Å². The van der Waals surface area contributed by atoms with Crippen LogP contribution >= 0.6 is 0 Å². The van der Waals surface area contributed by atoms with E-state index in [0.717, 1.165) is 0 Å². The molecule has 1 atom stereocenters. The van der Waals surface area contributed by atoms with Gasteiger partial charge in [-0.25, -0.2) is 15.8 Å². The highest BCUT2D eigenvalue weighted by Gasteiger charge is 2.06. The van der Waals surface area contributed by atoms with Gasteiger partial charge in [-0.2, -0.15) is 0 Å². The molecule has 0 aliphatic rings. The van der Waals surface area contributed by atoms with Gasteiger partial charge in [0, 0.05) is 29.4 Å². The Kier molecular flexibility index (Phi) is 5.50. The van der Waals surface area contributed by atoms with E-state index in [1.54, 1.807) is 6.26 Å². The van der Waals surface area contributed by atoms with Crippen LogP contribution in [-0.2, 0) is 10.8 Å². The van der Waals surface area contributed by atoms with Gasteiger partial charge in [0.05, 0.1) is 12.4 Å². The van der Waals surface area contributed by atoms with E-state index < -0.39 is 10.8 Å². The van der Waals surface area contributed by atoms with Crippen molar-refractivity contribution in [3.8, 4) is 0 Å². The number of nitrogens with two attached hydrogens (primary N) is 1. The van der Waals surface area contributed by atoms with E-state index in [0.29, 0.717) is 24.5 Å². The van der Waals surface area contributed by atoms with Crippen molar-refractivity contribution >= 4 is 22.5 Å². The number of carbonyl (C=O) groups excluding carboxylic acids is 1. The molecule has 1 rings (SSSR count). The highest BCUT2D eigenvalue weighted by molar-refractivity contribution is 7.84. The predicted molar refractivity (Wildman–Crippen MR) is 65.7 cm³/mol. The molecule has 94 valence electrons. The Morgan fingerprint density at radius 3 is 2.76 bits per heavy atom. The number of nitrogen functional groups attached to an aromatic ring is 1. The Morgan fingerprint density at radius 2 is 2.24 bits per heavy atom. The number of hydrogen-bond acceptors (Lipinski definition) is 6. The second-order valence-corrected chi connectivity index (χ2v) is 4.87. The smallest absolute Gasteiger partial charge is 0.271 e. The van der Waals surface area contributed by atoms with Crippen molar-refractivity contribution in [1.82, 2.24) is 15.3 Å². The van der Waals surface area contributed by atoms with Crippen LogP contribution in [0.25, 0.3) is 0 Å². The van der Waals surface area contributed by atoms with Crippen molar-refractivity contribution in [3.05, 3.63) is 18.1 Å². The first-order valence-electron chi connectivity index (χ1n) is 5.00. The van der Waals surface area contributed by atoms with Gasteiger partial charge in [-0.1, -0.05) is 0 Å². The van der Waals surface area contributed by atoms with Crippen LogP contribution in [0.15, 0.2) is 12.4 Å². The molecule has 17 heavy (non-hydrogen) atoms. The molecule has 1 aromatic heterocycles. The summed E-state index contributed by atoms with van der Waals surface area (Å²) in [5, 5.41) is 2.66. The van der Waals surface area contributed by atoms with Crippen LogP contribution in [-0.4, -0.2) is 38.6 Å². The van der Waals surface area contributed by atoms with Crippen molar-refractivity contribution in [3.63, 3.8) is 0 Å². The van der Waals surface area contributed by atoms with Gasteiger partial charge in [0.2, 0.25) is 0 Å². The fourth-order valence-electron chi connectivity index (χ4n) is 1.09. The summed E-state index contributed by atoms with van der Waals surface area (Å²) < 4.78 is 10.8. The number of anilines is 1. The first-order chi connectivity index (χ1) is 8.13. The normalized spacial score (nSPS) is 11.9. The van der Waals surface area contributed by atoms with Gasteiger partial charge < -0.3 is 10.7 Å². The van der Waals surface area contributed by atoms with E-state index in [1.807, 2.05) is 0 Å². The van der Waals surface area contributed by atoms with Gasteiger partial charge in [0.25, 0.3) is 5.91 Å². The molecular weight excluding hydrogens is 242 g/mol. The maximum Gasteiger partial charge on any atom is 0.271 e. The lowest BCUT2D eigenvalue weighted by atomic mass is 10.4.